The second-order valence-electron chi connectivity index (χ2n) is 6.03. The van der Waals surface area contributed by atoms with Crippen LogP contribution < -0.4 is 5.32 Å². The van der Waals surface area contributed by atoms with Gasteiger partial charge >= 0.3 is 6.18 Å². The summed E-state index contributed by atoms with van der Waals surface area (Å²) in [7, 11) is 0. The lowest BCUT2D eigenvalue weighted by atomic mass is 9.92. The molecule has 0 radical (unpaired) electrons. The standard InChI is InChI=1S/C15H15F3N2O.ClH/c16-15(17,18)10-3-1-2-9-11(10)14(21)20-7-6-19-12(13(9)20)8-4-5-8;/h1-3,8,12-13,19H,4-7H2;1H. The maximum atomic E-state index is 13.2. The summed E-state index contributed by atoms with van der Waals surface area (Å²) in [6.45, 7) is 1.12. The monoisotopic (exact) mass is 332 g/mol. The lowest BCUT2D eigenvalue weighted by Crippen LogP contribution is -2.52. The van der Waals surface area contributed by atoms with E-state index in [0.717, 1.165) is 18.9 Å². The Morgan fingerprint density at radius 3 is 2.59 bits per heavy atom. The molecule has 2 atom stereocenters. The summed E-state index contributed by atoms with van der Waals surface area (Å²) in [5.41, 5.74) is -0.391. The fraction of sp³-hybridized carbons (Fsp3) is 0.533. The molecule has 4 rings (SSSR count). The van der Waals surface area contributed by atoms with Crippen molar-refractivity contribution in [3.63, 3.8) is 0 Å². The normalized spacial score (nSPS) is 27.2. The molecule has 1 saturated heterocycles. The molecule has 1 aliphatic carbocycles. The minimum Gasteiger partial charge on any atom is -0.329 e. The number of fused-ring (bicyclic) bond motifs is 3. The highest BCUT2D eigenvalue weighted by molar-refractivity contribution is 6.01. The summed E-state index contributed by atoms with van der Waals surface area (Å²) in [4.78, 5) is 14.1. The SMILES string of the molecule is Cl.O=C1c2c(cccc2C(F)(F)F)C2C(C3CC3)NCCN12. The van der Waals surface area contributed by atoms with Crippen molar-refractivity contribution < 1.29 is 18.0 Å². The van der Waals surface area contributed by atoms with Gasteiger partial charge in [-0.25, -0.2) is 0 Å². The quantitative estimate of drug-likeness (QED) is 0.857. The third-order valence-corrected chi connectivity index (χ3v) is 4.73. The van der Waals surface area contributed by atoms with E-state index in [4.69, 9.17) is 0 Å². The molecule has 0 bridgehead atoms. The Morgan fingerprint density at radius 1 is 1.23 bits per heavy atom. The number of halogens is 4. The second kappa shape index (κ2) is 5.13. The predicted molar refractivity (Wildman–Crippen MR) is 77.0 cm³/mol. The number of carbonyl (C=O) groups is 1. The zero-order valence-electron chi connectivity index (χ0n) is 11.7. The largest absolute Gasteiger partial charge is 0.417 e. The van der Waals surface area contributed by atoms with E-state index in [0.29, 0.717) is 24.6 Å². The van der Waals surface area contributed by atoms with Crippen molar-refractivity contribution in [3.8, 4) is 0 Å². The average molecular weight is 333 g/mol. The maximum Gasteiger partial charge on any atom is 0.417 e. The van der Waals surface area contributed by atoms with Crippen LogP contribution in [0.15, 0.2) is 18.2 Å². The summed E-state index contributed by atoms with van der Waals surface area (Å²) in [5, 5.41) is 3.40. The van der Waals surface area contributed by atoms with E-state index in [-0.39, 0.29) is 30.1 Å². The summed E-state index contributed by atoms with van der Waals surface area (Å²) >= 11 is 0. The highest BCUT2D eigenvalue weighted by Gasteiger charge is 2.51. The van der Waals surface area contributed by atoms with Gasteiger partial charge in [0.1, 0.15) is 0 Å². The lowest BCUT2D eigenvalue weighted by Gasteiger charge is -2.38. The molecule has 1 aromatic rings. The first-order valence-electron chi connectivity index (χ1n) is 7.23. The number of carbonyl (C=O) groups excluding carboxylic acids is 1. The van der Waals surface area contributed by atoms with E-state index in [2.05, 4.69) is 5.32 Å². The molecule has 2 fully saturated rings. The number of amides is 1. The molecule has 2 unspecified atom stereocenters. The smallest absolute Gasteiger partial charge is 0.329 e. The van der Waals surface area contributed by atoms with Gasteiger partial charge in [-0.15, -0.1) is 12.4 Å². The van der Waals surface area contributed by atoms with Crippen molar-refractivity contribution in [2.75, 3.05) is 13.1 Å². The van der Waals surface area contributed by atoms with Gasteiger partial charge in [0.05, 0.1) is 17.2 Å². The molecule has 7 heteroatoms. The molecule has 2 heterocycles. The van der Waals surface area contributed by atoms with Gasteiger partial charge in [-0.3, -0.25) is 4.79 Å². The van der Waals surface area contributed by atoms with E-state index >= 15 is 0 Å². The van der Waals surface area contributed by atoms with Gasteiger partial charge < -0.3 is 10.2 Å². The third-order valence-electron chi connectivity index (χ3n) is 4.73. The van der Waals surface area contributed by atoms with Gasteiger partial charge in [0.25, 0.3) is 5.91 Å². The van der Waals surface area contributed by atoms with Crippen LogP contribution in [0.4, 0.5) is 13.2 Å². The summed E-state index contributed by atoms with van der Waals surface area (Å²) in [6.07, 6.45) is -2.31. The molecule has 1 N–H and O–H groups in total. The topological polar surface area (TPSA) is 32.3 Å². The van der Waals surface area contributed by atoms with E-state index < -0.39 is 17.6 Å². The Bertz CT molecular complexity index is 615. The van der Waals surface area contributed by atoms with E-state index in [9.17, 15) is 18.0 Å². The van der Waals surface area contributed by atoms with Crippen molar-refractivity contribution in [1.29, 1.82) is 0 Å². The van der Waals surface area contributed by atoms with Gasteiger partial charge in [0.15, 0.2) is 0 Å². The van der Waals surface area contributed by atoms with E-state index in [1.54, 1.807) is 11.0 Å². The number of nitrogens with zero attached hydrogens (tertiary/aromatic N) is 1. The fourth-order valence-electron chi connectivity index (χ4n) is 3.70. The Hall–Kier alpha value is -1.27. The van der Waals surface area contributed by atoms with Gasteiger partial charge in [-0.1, -0.05) is 12.1 Å². The molecule has 2 aliphatic heterocycles. The first-order valence-corrected chi connectivity index (χ1v) is 7.23. The van der Waals surface area contributed by atoms with Gasteiger partial charge in [0.2, 0.25) is 0 Å². The molecular weight excluding hydrogens is 317 g/mol. The molecule has 22 heavy (non-hydrogen) atoms. The van der Waals surface area contributed by atoms with Crippen molar-refractivity contribution in [1.82, 2.24) is 10.2 Å². The number of hydrogen-bond acceptors (Lipinski definition) is 2. The first-order chi connectivity index (χ1) is 9.98. The van der Waals surface area contributed by atoms with Crippen LogP contribution in [0.5, 0.6) is 0 Å². The molecule has 0 spiro atoms. The Morgan fingerprint density at radius 2 is 1.95 bits per heavy atom. The number of alkyl halides is 3. The van der Waals surface area contributed by atoms with Crippen LogP contribution in [0.3, 0.4) is 0 Å². The molecule has 0 aromatic heterocycles. The van der Waals surface area contributed by atoms with Crippen LogP contribution in [0, 0.1) is 5.92 Å². The van der Waals surface area contributed by atoms with Crippen molar-refractivity contribution in [2.45, 2.75) is 31.1 Å². The maximum absolute atomic E-state index is 13.2. The molecular formula is C15H16ClF3N2O. The lowest BCUT2D eigenvalue weighted by molar-refractivity contribution is -0.137. The Labute approximate surface area is 132 Å². The minimum atomic E-state index is -4.49. The highest BCUT2D eigenvalue weighted by atomic mass is 35.5. The van der Waals surface area contributed by atoms with Crippen molar-refractivity contribution >= 4 is 18.3 Å². The number of rotatable bonds is 1. The fourth-order valence-corrected chi connectivity index (χ4v) is 3.70. The van der Waals surface area contributed by atoms with Gasteiger partial charge in [0, 0.05) is 19.1 Å². The van der Waals surface area contributed by atoms with Gasteiger partial charge in [-0.05, 0) is 30.4 Å². The molecule has 3 nitrogen and oxygen atoms in total. The van der Waals surface area contributed by atoms with E-state index in [1.165, 1.54) is 6.07 Å². The van der Waals surface area contributed by atoms with Crippen LogP contribution in [0.2, 0.25) is 0 Å². The highest BCUT2D eigenvalue weighted by Crippen LogP contribution is 2.48. The second-order valence-corrected chi connectivity index (χ2v) is 6.03. The zero-order valence-corrected chi connectivity index (χ0v) is 12.5. The van der Waals surface area contributed by atoms with Crippen LogP contribution in [0.1, 0.15) is 40.4 Å². The van der Waals surface area contributed by atoms with Crippen LogP contribution in [-0.2, 0) is 6.18 Å². The summed E-state index contributed by atoms with van der Waals surface area (Å²) in [6, 6.07) is 3.95. The number of hydrogen-bond donors (Lipinski definition) is 1. The first kappa shape index (κ1) is 15.6. The van der Waals surface area contributed by atoms with Crippen LogP contribution in [-0.4, -0.2) is 29.9 Å². The number of benzene rings is 1. The molecule has 120 valence electrons. The molecule has 1 amide bonds. The molecule has 1 saturated carbocycles. The predicted octanol–water partition coefficient (Wildman–Crippen LogP) is 3.01. The Kier molecular flexibility index (Phi) is 3.64. The van der Waals surface area contributed by atoms with Gasteiger partial charge in [-0.2, -0.15) is 13.2 Å². The molecule has 1 aromatic carbocycles. The number of piperazine rings is 1. The van der Waals surface area contributed by atoms with Crippen LogP contribution >= 0.6 is 12.4 Å². The molecule has 3 aliphatic rings. The average Bonchev–Trinajstić information content (AvgIpc) is 3.24. The third kappa shape index (κ3) is 2.20. The van der Waals surface area contributed by atoms with Crippen molar-refractivity contribution in [3.05, 3.63) is 34.9 Å². The Balaban J connectivity index is 0.00000144. The number of nitrogens with one attached hydrogen (secondary N) is 1. The summed E-state index contributed by atoms with van der Waals surface area (Å²) < 4.78 is 39.5. The summed E-state index contributed by atoms with van der Waals surface area (Å²) in [5.74, 6) is 0.0150. The minimum absolute atomic E-state index is 0. The van der Waals surface area contributed by atoms with Crippen molar-refractivity contribution in [2.24, 2.45) is 5.92 Å². The van der Waals surface area contributed by atoms with E-state index in [1.807, 2.05) is 0 Å². The van der Waals surface area contributed by atoms with Crippen LogP contribution in [0.25, 0.3) is 0 Å². The zero-order chi connectivity index (χ0) is 14.8.